The highest BCUT2D eigenvalue weighted by atomic mass is 35.5. The van der Waals surface area contributed by atoms with E-state index in [2.05, 4.69) is 10.1 Å². The first-order valence-electron chi connectivity index (χ1n) is 5.15. The van der Waals surface area contributed by atoms with E-state index in [9.17, 15) is 0 Å². The Bertz CT molecular complexity index is 453. The zero-order valence-electron chi connectivity index (χ0n) is 8.81. The first kappa shape index (κ1) is 11.1. The molecule has 0 aliphatic carbocycles. The molecule has 0 atom stereocenters. The number of aryl methyl sites for hydroxylation is 1. The molecule has 1 heterocycles. The van der Waals surface area contributed by atoms with Crippen LogP contribution in [0.5, 0.6) is 0 Å². The van der Waals surface area contributed by atoms with Gasteiger partial charge >= 0.3 is 0 Å². The van der Waals surface area contributed by atoms with Gasteiger partial charge in [-0.3, -0.25) is 0 Å². The average molecular weight is 237 g/mol. The summed E-state index contributed by atoms with van der Waals surface area (Å²) in [4.78, 5) is 3.89. The van der Waals surface area contributed by atoms with Crippen LogP contribution < -0.4 is 5.73 Å². The number of rotatable bonds is 4. The van der Waals surface area contributed by atoms with E-state index in [1.807, 2.05) is 18.2 Å². The minimum atomic E-state index is 0.681. The molecule has 0 spiro atoms. The Kier molecular flexibility index (Phi) is 3.54. The molecule has 2 aromatic rings. The van der Waals surface area contributed by atoms with Crippen LogP contribution in [0.15, 0.2) is 30.9 Å². The van der Waals surface area contributed by atoms with Crippen molar-refractivity contribution >= 4 is 11.6 Å². The van der Waals surface area contributed by atoms with Gasteiger partial charge in [-0.2, -0.15) is 5.10 Å². The van der Waals surface area contributed by atoms with Crippen molar-refractivity contribution in [3.63, 3.8) is 0 Å². The van der Waals surface area contributed by atoms with Crippen molar-refractivity contribution in [2.45, 2.75) is 12.8 Å². The molecule has 0 unspecified atom stereocenters. The van der Waals surface area contributed by atoms with Crippen LogP contribution in [0, 0.1) is 0 Å². The Morgan fingerprint density at radius 3 is 2.88 bits per heavy atom. The van der Waals surface area contributed by atoms with Crippen molar-refractivity contribution in [1.29, 1.82) is 0 Å². The monoisotopic (exact) mass is 236 g/mol. The zero-order chi connectivity index (χ0) is 11.4. The molecule has 4 nitrogen and oxygen atoms in total. The summed E-state index contributed by atoms with van der Waals surface area (Å²) in [6, 6.07) is 5.94. The number of hydrogen-bond donors (Lipinski definition) is 1. The minimum absolute atomic E-state index is 0.681. The number of hydrogen-bond acceptors (Lipinski definition) is 3. The predicted octanol–water partition coefficient (Wildman–Crippen LogP) is 1.81. The molecule has 0 bridgehead atoms. The third-order valence-electron chi connectivity index (χ3n) is 2.35. The summed E-state index contributed by atoms with van der Waals surface area (Å²) in [5.41, 5.74) is 7.50. The fourth-order valence-corrected chi connectivity index (χ4v) is 1.82. The SMILES string of the molecule is NCCCc1ccc(-n2cncn2)c(Cl)c1. The van der Waals surface area contributed by atoms with E-state index in [4.69, 9.17) is 17.3 Å². The summed E-state index contributed by atoms with van der Waals surface area (Å²) in [6.45, 7) is 0.697. The van der Waals surface area contributed by atoms with Gasteiger partial charge in [0.2, 0.25) is 0 Å². The van der Waals surface area contributed by atoms with E-state index in [1.165, 1.54) is 11.9 Å². The Labute approximate surface area is 99.1 Å². The molecule has 1 aromatic carbocycles. The smallest absolute Gasteiger partial charge is 0.138 e. The van der Waals surface area contributed by atoms with Gasteiger partial charge in [-0.15, -0.1) is 0 Å². The van der Waals surface area contributed by atoms with Gasteiger partial charge in [0.05, 0.1) is 10.7 Å². The Morgan fingerprint density at radius 1 is 1.38 bits per heavy atom. The summed E-state index contributed by atoms with van der Waals surface area (Å²) in [7, 11) is 0. The second-order valence-electron chi connectivity index (χ2n) is 3.52. The lowest BCUT2D eigenvalue weighted by atomic mass is 10.1. The van der Waals surface area contributed by atoms with Crippen molar-refractivity contribution in [2.24, 2.45) is 5.73 Å². The average Bonchev–Trinajstić information content (AvgIpc) is 2.80. The van der Waals surface area contributed by atoms with E-state index >= 15 is 0 Å². The largest absolute Gasteiger partial charge is 0.330 e. The van der Waals surface area contributed by atoms with E-state index in [0.29, 0.717) is 11.6 Å². The molecule has 1 aromatic heterocycles. The molecule has 0 saturated heterocycles. The normalized spacial score (nSPS) is 10.6. The molecule has 5 heteroatoms. The molecule has 0 aliphatic heterocycles. The number of benzene rings is 1. The second kappa shape index (κ2) is 5.09. The molecule has 2 rings (SSSR count). The van der Waals surface area contributed by atoms with Crippen molar-refractivity contribution < 1.29 is 0 Å². The van der Waals surface area contributed by atoms with E-state index in [1.54, 1.807) is 11.0 Å². The molecule has 0 amide bonds. The van der Waals surface area contributed by atoms with E-state index < -0.39 is 0 Å². The zero-order valence-corrected chi connectivity index (χ0v) is 9.56. The number of nitrogens with zero attached hydrogens (tertiary/aromatic N) is 3. The van der Waals surface area contributed by atoms with Gasteiger partial charge in [0, 0.05) is 0 Å². The highest BCUT2D eigenvalue weighted by molar-refractivity contribution is 6.32. The maximum atomic E-state index is 6.18. The maximum Gasteiger partial charge on any atom is 0.138 e. The van der Waals surface area contributed by atoms with Gasteiger partial charge in [-0.25, -0.2) is 9.67 Å². The molecule has 2 N–H and O–H groups in total. The third-order valence-corrected chi connectivity index (χ3v) is 2.65. The Balaban J connectivity index is 2.23. The summed E-state index contributed by atoms with van der Waals surface area (Å²) in [5.74, 6) is 0. The van der Waals surface area contributed by atoms with Crippen molar-refractivity contribution in [1.82, 2.24) is 14.8 Å². The summed E-state index contributed by atoms with van der Waals surface area (Å²) >= 11 is 6.18. The molecule has 0 radical (unpaired) electrons. The first-order chi connectivity index (χ1) is 7.81. The quantitative estimate of drug-likeness (QED) is 0.881. The second-order valence-corrected chi connectivity index (χ2v) is 3.93. The van der Waals surface area contributed by atoms with Gasteiger partial charge in [-0.05, 0) is 37.1 Å². The van der Waals surface area contributed by atoms with Gasteiger partial charge in [-0.1, -0.05) is 17.7 Å². The van der Waals surface area contributed by atoms with Crippen LogP contribution in [0.25, 0.3) is 5.69 Å². The number of aromatic nitrogens is 3. The number of nitrogens with two attached hydrogens (primary N) is 1. The lowest BCUT2D eigenvalue weighted by Gasteiger charge is -2.06. The molecule has 84 valence electrons. The van der Waals surface area contributed by atoms with Gasteiger partial charge in [0.15, 0.2) is 0 Å². The van der Waals surface area contributed by atoms with Gasteiger partial charge in [0.1, 0.15) is 12.7 Å². The Morgan fingerprint density at radius 2 is 2.25 bits per heavy atom. The van der Waals surface area contributed by atoms with Crippen molar-refractivity contribution in [3.8, 4) is 5.69 Å². The molecule has 0 aliphatic rings. The predicted molar refractivity (Wildman–Crippen MR) is 63.7 cm³/mol. The highest BCUT2D eigenvalue weighted by Gasteiger charge is 2.04. The van der Waals surface area contributed by atoms with Crippen LogP contribution in [0.1, 0.15) is 12.0 Å². The van der Waals surface area contributed by atoms with Crippen molar-refractivity contribution in [3.05, 3.63) is 41.4 Å². The van der Waals surface area contributed by atoms with Crippen LogP contribution in [0.2, 0.25) is 5.02 Å². The lowest BCUT2D eigenvalue weighted by molar-refractivity contribution is 0.829. The van der Waals surface area contributed by atoms with Crippen LogP contribution >= 0.6 is 11.6 Å². The van der Waals surface area contributed by atoms with E-state index in [-0.39, 0.29) is 0 Å². The van der Waals surface area contributed by atoms with Crippen LogP contribution in [0.4, 0.5) is 0 Å². The summed E-state index contributed by atoms with van der Waals surface area (Å²) in [6.07, 6.45) is 5.03. The maximum absolute atomic E-state index is 6.18. The van der Waals surface area contributed by atoms with Crippen LogP contribution in [0.3, 0.4) is 0 Å². The van der Waals surface area contributed by atoms with Crippen LogP contribution in [-0.4, -0.2) is 21.3 Å². The van der Waals surface area contributed by atoms with Gasteiger partial charge < -0.3 is 5.73 Å². The standard InChI is InChI=1S/C11H13ClN4/c12-10-6-9(2-1-5-13)3-4-11(10)16-8-14-7-15-16/h3-4,6-8H,1-2,5,13H2. The molecular formula is C11H13ClN4. The molecular weight excluding hydrogens is 224 g/mol. The fourth-order valence-electron chi connectivity index (χ4n) is 1.53. The molecule has 0 saturated carbocycles. The topological polar surface area (TPSA) is 56.7 Å². The first-order valence-corrected chi connectivity index (χ1v) is 5.52. The fraction of sp³-hybridized carbons (Fsp3) is 0.273. The highest BCUT2D eigenvalue weighted by Crippen LogP contribution is 2.21. The van der Waals surface area contributed by atoms with Gasteiger partial charge in [0.25, 0.3) is 0 Å². The third kappa shape index (κ3) is 2.40. The Hall–Kier alpha value is -1.39. The van der Waals surface area contributed by atoms with Crippen LogP contribution in [-0.2, 0) is 6.42 Å². The molecule has 0 fully saturated rings. The number of halogens is 1. The minimum Gasteiger partial charge on any atom is -0.330 e. The summed E-state index contributed by atoms with van der Waals surface area (Å²) in [5, 5.41) is 4.72. The molecule has 16 heavy (non-hydrogen) atoms. The lowest BCUT2D eigenvalue weighted by Crippen LogP contribution is -2.01. The van der Waals surface area contributed by atoms with E-state index in [0.717, 1.165) is 18.5 Å². The van der Waals surface area contributed by atoms with Crippen molar-refractivity contribution in [2.75, 3.05) is 6.54 Å². The summed E-state index contributed by atoms with van der Waals surface area (Å²) < 4.78 is 1.65.